The van der Waals surface area contributed by atoms with Gasteiger partial charge in [0.1, 0.15) is 5.82 Å². The minimum atomic E-state index is 0.753. The molecule has 0 bridgehead atoms. The molecule has 86 valence electrons. The highest BCUT2D eigenvalue weighted by Crippen LogP contribution is 2.19. The first-order chi connectivity index (χ1) is 7.79. The van der Waals surface area contributed by atoms with E-state index in [0.717, 1.165) is 24.9 Å². The Labute approximate surface area is 97.2 Å². The number of anilines is 1. The van der Waals surface area contributed by atoms with Gasteiger partial charge in [0.2, 0.25) is 0 Å². The van der Waals surface area contributed by atoms with E-state index in [2.05, 4.69) is 33.9 Å². The van der Waals surface area contributed by atoms with Crippen LogP contribution in [0, 0.1) is 0 Å². The van der Waals surface area contributed by atoms with E-state index in [1.807, 2.05) is 19.3 Å². The number of nitrogens with one attached hydrogen (secondary N) is 1. The zero-order valence-electron chi connectivity index (χ0n) is 9.82. The molecule has 1 fully saturated rings. The van der Waals surface area contributed by atoms with Crippen LogP contribution in [0.4, 0.5) is 5.82 Å². The summed E-state index contributed by atoms with van der Waals surface area (Å²) in [4.78, 5) is 6.51. The molecule has 0 unspecified atom stereocenters. The monoisotopic (exact) mass is 217 g/mol. The molecule has 1 aromatic heterocycles. The predicted molar refractivity (Wildman–Crippen MR) is 67.6 cm³/mol. The van der Waals surface area contributed by atoms with E-state index < -0.39 is 0 Å². The maximum Gasteiger partial charge on any atom is 0.128 e. The van der Waals surface area contributed by atoms with Gasteiger partial charge in [-0.1, -0.05) is 12.1 Å². The maximum absolute atomic E-state index is 4.43. The fourth-order valence-electron chi connectivity index (χ4n) is 1.58. The molecule has 0 aromatic carbocycles. The van der Waals surface area contributed by atoms with Crippen molar-refractivity contribution in [3.05, 3.63) is 36.5 Å². The van der Waals surface area contributed by atoms with Gasteiger partial charge in [0.25, 0.3) is 0 Å². The van der Waals surface area contributed by atoms with Gasteiger partial charge in [-0.3, -0.25) is 0 Å². The molecule has 1 aromatic rings. The second kappa shape index (κ2) is 5.12. The largest absolute Gasteiger partial charge is 0.356 e. The van der Waals surface area contributed by atoms with Gasteiger partial charge in [-0.05, 0) is 24.5 Å². The SMILES string of the molecule is C=CCN(C)c1ccc(CNC2CC2)cn1. The van der Waals surface area contributed by atoms with E-state index in [1.165, 1.54) is 18.4 Å². The molecule has 0 spiro atoms. The molecule has 0 amide bonds. The van der Waals surface area contributed by atoms with Crippen LogP contribution >= 0.6 is 0 Å². The lowest BCUT2D eigenvalue weighted by atomic mass is 10.2. The molecule has 2 rings (SSSR count). The van der Waals surface area contributed by atoms with Crippen molar-refractivity contribution in [1.29, 1.82) is 0 Å². The number of rotatable bonds is 6. The molecule has 3 heteroatoms. The highest BCUT2D eigenvalue weighted by Gasteiger charge is 2.19. The number of likely N-dealkylation sites (N-methyl/N-ethyl adjacent to an activating group) is 1. The third-order valence-corrected chi connectivity index (χ3v) is 2.78. The molecule has 1 heterocycles. The normalized spacial score (nSPS) is 14.8. The average Bonchev–Trinajstić information content (AvgIpc) is 3.11. The molecule has 0 aliphatic heterocycles. The maximum atomic E-state index is 4.43. The fraction of sp³-hybridized carbons (Fsp3) is 0.462. The Morgan fingerprint density at radius 1 is 1.56 bits per heavy atom. The van der Waals surface area contributed by atoms with E-state index in [4.69, 9.17) is 0 Å². The smallest absolute Gasteiger partial charge is 0.128 e. The van der Waals surface area contributed by atoms with Crippen molar-refractivity contribution in [2.75, 3.05) is 18.5 Å². The van der Waals surface area contributed by atoms with Crippen LogP contribution in [-0.2, 0) is 6.54 Å². The van der Waals surface area contributed by atoms with Crippen LogP contribution in [0.5, 0.6) is 0 Å². The average molecular weight is 217 g/mol. The quantitative estimate of drug-likeness (QED) is 0.738. The van der Waals surface area contributed by atoms with Gasteiger partial charge in [0.05, 0.1) is 0 Å². The molecule has 0 atom stereocenters. The van der Waals surface area contributed by atoms with Gasteiger partial charge in [-0.25, -0.2) is 4.98 Å². The summed E-state index contributed by atoms with van der Waals surface area (Å²) >= 11 is 0. The molecule has 1 aliphatic rings. The lowest BCUT2D eigenvalue weighted by molar-refractivity contribution is 0.686. The van der Waals surface area contributed by atoms with Gasteiger partial charge in [0, 0.05) is 32.4 Å². The molecule has 1 aliphatic carbocycles. The highest BCUT2D eigenvalue weighted by atomic mass is 15.1. The molecular weight excluding hydrogens is 198 g/mol. The van der Waals surface area contributed by atoms with Crippen molar-refractivity contribution < 1.29 is 0 Å². The van der Waals surface area contributed by atoms with Crippen molar-refractivity contribution in [2.24, 2.45) is 0 Å². The van der Waals surface area contributed by atoms with Crippen LogP contribution in [0.25, 0.3) is 0 Å². The van der Waals surface area contributed by atoms with E-state index in [-0.39, 0.29) is 0 Å². The van der Waals surface area contributed by atoms with Crippen LogP contribution in [0.1, 0.15) is 18.4 Å². The van der Waals surface area contributed by atoms with Crippen molar-refractivity contribution in [3.8, 4) is 0 Å². The molecular formula is C13H19N3. The number of pyridine rings is 1. The lowest BCUT2D eigenvalue weighted by Crippen LogP contribution is -2.18. The Morgan fingerprint density at radius 2 is 2.38 bits per heavy atom. The van der Waals surface area contributed by atoms with Gasteiger partial charge in [-0.2, -0.15) is 0 Å². The first-order valence-electron chi connectivity index (χ1n) is 5.80. The zero-order valence-corrected chi connectivity index (χ0v) is 9.82. The first-order valence-corrected chi connectivity index (χ1v) is 5.80. The van der Waals surface area contributed by atoms with Crippen LogP contribution in [0.15, 0.2) is 31.0 Å². The Kier molecular flexibility index (Phi) is 3.57. The predicted octanol–water partition coefficient (Wildman–Crippen LogP) is 1.96. The Hall–Kier alpha value is -1.35. The number of hydrogen-bond donors (Lipinski definition) is 1. The van der Waals surface area contributed by atoms with E-state index >= 15 is 0 Å². The fourth-order valence-corrected chi connectivity index (χ4v) is 1.58. The molecule has 0 saturated heterocycles. The lowest BCUT2D eigenvalue weighted by Gasteiger charge is -2.15. The Morgan fingerprint density at radius 3 is 2.94 bits per heavy atom. The summed E-state index contributed by atoms with van der Waals surface area (Å²) in [6.45, 7) is 5.48. The van der Waals surface area contributed by atoms with E-state index in [9.17, 15) is 0 Å². The summed E-state index contributed by atoms with van der Waals surface area (Å²) in [5, 5.41) is 3.48. The van der Waals surface area contributed by atoms with E-state index in [0.29, 0.717) is 0 Å². The summed E-state index contributed by atoms with van der Waals surface area (Å²) in [6, 6.07) is 4.95. The Balaban J connectivity index is 1.89. The second-order valence-corrected chi connectivity index (χ2v) is 4.35. The van der Waals surface area contributed by atoms with Crippen molar-refractivity contribution >= 4 is 5.82 Å². The minimum Gasteiger partial charge on any atom is -0.356 e. The Bertz CT molecular complexity index is 341. The van der Waals surface area contributed by atoms with Crippen LogP contribution in [0.3, 0.4) is 0 Å². The summed E-state index contributed by atoms with van der Waals surface area (Å²) in [5.41, 5.74) is 1.25. The molecule has 0 radical (unpaired) electrons. The summed E-state index contributed by atoms with van der Waals surface area (Å²) in [7, 11) is 2.02. The molecule has 1 saturated carbocycles. The molecule has 1 N–H and O–H groups in total. The summed E-state index contributed by atoms with van der Waals surface area (Å²) in [5.74, 6) is 0.995. The van der Waals surface area contributed by atoms with Crippen LogP contribution in [-0.4, -0.2) is 24.6 Å². The minimum absolute atomic E-state index is 0.753. The van der Waals surface area contributed by atoms with Gasteiger partial charge >= 0.3 is 0 Å². The van der Waals surface area contributed by atoms with Gasteiger partial charge < -0.3 is 10.2 Å². The highest BCUT2D eigenvalue weighted by molar-refractivity contribution is 5.38. The van der Waals surface area contributed by atoms with Crippen molar-refractivity contribution in [3.63, 3.8) is 0 Å². The topological polar surface area (TPSA) is 28.2 Å². The summed E-state index contributed by atoms with van der Waals surface area (Å²) in [6.07, 6.45) is 6.48. The van der Waals surface area contributed by atoms with Crippen LogP contribution < -0.4 is 10.2 Å². The third-order valence-electron chi connectivity index (χ3n) is 2.78. The number of hydrogen-bond acceptors (Lipinski definition) is 3. The zero-order chi connectivity index (χ0) is 11.4. The van der Waals surface area contributed by atoms with Crippen molar-refractivity contribution in [1.82, 2.24) is 10.3 Å². The first kappa shape index (κ1) is 11.1. The van der Waals surface area contributed by atoms with E-state index in [1.54, 1.807) is 0 Å². The summed E-state index contributed by atoms with van der Waals surface area (Å²) < 4.78 is 0. The molecule has 16 heavy (non-hydrogen) atoms. The third kappa shape index (κ3) is 3.07. The standard InChI is InChI=1S/C13H19N3/c1-3-8-16(2)13-7-4-11(10-15-13)9-14-12-5-6-12/h3-4,7,10,12,14H,1,5-6,8-9H2,2H3. The van der Waals surface area contributed by atoms with Gasteiger partial charge in [-0.15, -0.1) is 6.58 Å². The van der Waals surface area contributed by atoms with Crippen molar-refractivity contribution in [2.45, 2.75) is 25.4 Å². The van der Waals surface area contributed by atoms with Crippen LogP contribution in [0.2, 0.25) is 0 Å². The van der Waals surface area contributed by atoms with Gasteiger partial charge in [0.15, 0.2) is 0 Å². The molecule has 3 nitrogen and oxygen atoms in total. The number of nitrogens with zero attached hydrogens (tertiary/aromatic N) is 2. The number of aromatic nitrogens is 1. The second-order valence-electron chi connectivity index (χ2n) is 4.35.